The largest absolute Gasteiger partial charge is 0.444 e. The van der Waals surface area contributed by atoms with Gasteiger partial charge in [0.25, 0.3) is 0 Å². The fourth-order valence-electron chi connectivity index (χ4n) is 3.02. The molecule has 1 spiro atoms. The Morgan fingerprint density at radius 2 is 1.89 bits per heavy atom. The first-order valence-corrected chi connectivity index (χ1v) is 8.16. The first-order valence-electron chi connectivity index (χ1n) is 6.92. The van der Waals surface area contributed by atoms with Gasteiger partial charge < -0.3 is 9.64 Å². The van der Waals surface area contributed by atoms with Gasteiger partial charge in [-0.15, -0.1) is 0 Å². The van der Waals surface area contributed by atoms with Crippen molar-refractivity contribution < 1.29 is 9.53 Å². The van der Waals surface area contributed by atoms with Crippen LogP contribution in [0.3, 0.4) is 0 Å². The molecule has 1 aliphatic heterocycles. The van der Waals surface area contributed by atoms with E-state index in [2.05, 4.69) is 22.6 Å². The molecule has 0 N–H and O–H groups in total. The van der Waals surface area contributed by atoms with E-state index in [9.17, 15) is 4.79 Å². The maximum atomic E-state index is 12.1. The molecule has 104 valence electrons. The molecule has 4 heteroatoms. The number of amides is 1. The number of rotatable bonds is 0. The van der Waals surface area contributed by atoms with Crippen LogP contribution in [-0.4, -0.2) is 33.6 Å². The maximum Gasteiger partial charge on any atom is 0.410 e. The average molecular weight is 365 g/mol. The highest BCUT2D eigenvalue weighted by molar-refractivity contribution is 14.1. The fraction of sp³-hybridized carbons (Fsp3) is 0.929. The Bertz CT molecular complexity index is 316. The minimum Gasteiger partial charge on any atom is -0.444 e. The van der Waals surface area contributed by atoms with Gasteiger partial charge >= 0.3 is 6.09 Å². The Hall–Kier alpha value is 0. The van der Waals surface area contributed by atoms with E-state index in [-0.39, 0.29) is 11.7 Å². The van der Waals surface area contributed by atoms with Crippen molar-refractivity contribution in [3.05, 3.63) is 0 Å². The number of hydrogen-bond acceptors (Lipinski definition) is 2. The first-order chi connectivity index (χ1) is 8.30. The molecule has 0 aromatic rings. The lowest BCUT2D eigenvalue weighted by atomic mass is 9.73. The molecule has 2 rings (SSSR count). The third-order valence-electron chi connectivity index (χ3n) is 4.07. The fourth-order valence-corrected chi connectivity index (χ4v) is 3.64. The van der Waals surface area contributed by atoms with Gasteiger partial charge in [0.05, 0.1) is 0 Å². The smallest absolute Gasteiger partial charge is 0.410 e. The van der Waals surface area contributed by atoms with Crippen LogP contribution in [0.4, 0.5) is 4.79 Å². The van der Waals surface area contributed by atoms with Gasteiger partial charge in [-0.2, -0.15) is 0 Å². The second kappa shape index (κ2) is 5.17. The maximum absolute atomic E-state index is 12.1. The number of hydrogen-bond donors (Lipinski definition) is 0. The number of carbonyl (C=O) groups is 1. The molecule has 1 amide bonds. The predicted octanol–water partition coefficient (Wildman–Crippen LogP) is 3.99. The van der Waals surface area contributed by atoms with Crippen LogP contribution < -0.4 is 0 Å². The van der Waals surface area contributed by atoms with Crippen molar-refractivity contribution in [1.29, 1.82) is 0 Å². The van der Waals surface area contributed by atoms with E-state index in [1.54, 1.807) is 0 Å². The van der Waals surface area contributed by atoms with Crippen molar-refractivity contribution in [3.63, 3.8) is 0 Å². The van der Waals surface area contributed by atoms with Crippen LogP contribution in [0.5, 0.6) is 0 Å². The zero-order valence-corrected chi connectivity index (χ0v) is 13.8. The van der Waals surface area contributed by atoms with Crippen LogP contribution >= 0.6 is 22.6 Å². The Morgan fingerprint density at radius 3 is 2.44 bits per heavy atom. The van der Waals surface area contributed by atoms with E-state index in [0.29, 0.717) is 5.41 Å². The summed E-state index contributed by atoms with van der Waals surface area (Å²) in [5, 5.41) is 0. The van der Waals surface area contributed by atoms with E-state index in [1.165, 1.54) is 25.7 Å². The normalized spacial score (nSPS) is 32.9. The van der Waals surface area contributed by atoms with Crippen molar-refractivity contribution in [2.75, 3.05) is 13.1 Å². The molecule has 0 radical (unpaired) electrons. The SMILES string of the molecule is CC(C)(C)OC(=O)N1CCC2(CCC(I)CC2)C1. The molecule has 3 nitrogen and oxygen atoms in total. The van der Waals surface area contributed by atoms with E-state index in [4.69, 9.17) is 4.74 Å². The average Bonchev–Trinajstić information content (AvgIpc) is 2.65. The number of nitrogens with zero attached hydrogens (tertiary/aromatic N) is 1. The standard InChI is InChI=1S/C14H24INO2/c1-13(2,3)18-12(17)16-9-8-14(10-16)6-4-11(15)5-7-14/h11H,4-10H2,1-3H3. The zero-order valence-electron chi connectivity index (χ0n) is 11.7. The quantitative estimate of drug-likeness (QED) is 0.480. The molecule has 0 aromatic carbocycles. The second-order valence-electron chi connectivity index (χ2n) is 6.83. The molecule has 0 bridgehead atoms. The van der Waals surface area contributed by atoms with Gasteiger partial charge in [0.1, 0.15) is 5.60 Å². The monoisotopic (exact) mass is 365 g/mol. The molecule has 1 aliphatic carbocycles. The summed E-state index contributed by atoms with van der Waals surface area (Å²) in [6.07, 6.45) is 6.21. The van der Waals surface area contributed by atoms with Crippen LogP contribution in [0.25, 0.3) is 0 Å². The molecular weight excluding hydrogens is 341 g/mol. The van der Waals surface area contributed by atoms with Gasteiger partial charge in [-0.25, -0.2) is 4.79 Å². The van der Waals surface area contributed by atoms with Gasteiger partial charge in [-0.05, 0) is 58.3 Å². The van der Waals surface area contributed by atoms with E-state index in [1.807, 2.05) is 25.7 Å². The van der Waals surface area contributed by atoms with Crippen molar-refractivity contribution in [2.24, 2.45) is 5.41 Å². The summed E-state index contributed by atoms with van der Waals surface area (Å²) in [5.74, 6) is 0. The number of ether oxygens (including phenoxy) is 1. The summed E-state index contributed by atoms with van der Waals surface area (Å²) >= 11 is 2.56. The zero-order chi connectivity index (χ0) is 13.4. The highest BCUT2D eigenvalue weighted by Gasteiger charge is 2.42. The lowest BCUT2D eigenvalue weighted by molar-refractivity contribution is 0.0263. The van der Waals surface area contributed by atoms with E-state index >= 15 is 0 Å². The molecule has 18 heavy (non-hydrogen) atoms. The topological polar surface area (TPSA) is 29.5 Å². The highest BCUT2D eigenvalue weighted by Crippen LogP contribution is 2.45. The van der Waals surface area contributed by atoms with Crippen LogP contribution in [0.2, 0.25) is 0 Å². The third-order valence-corrected chi connectivity index (χ3v) is 5.31. The Kier molecular flexibility index (Phi) is 4.14. The molecule has 0 atom stereocenters. The number of carbonyl (C=O) groups excluding carboxylic acids is 1. The van der Waals surface area contributed by atoms with E-state index in [0.717, 1.165) is 23.4 Å². The number of halogens is 1. The summed E-state index contributed by atoms with van der Waals surface area (Å²) < 4.78 is 6.30. The van der Waals surface area contributed by atoms with Crippen LogP contribution in [0, 0.1) is 5.41 Å². The highest BCUT2D eigenvalue weighted by atomic mass is 127. The Balaban J connectivity index is 1.90. The van der Waals surface area contributed by atoms with Gasteiger partial charge in [0.15, 0.2) is 0 Å². The molecule has 0 unspecified atom stereocenters. The summed E-state index contributed by atoms with van der Waals surface area (Å²) in [7, 11) is 0. The van der Waals surface area contributed by atoms with Crippen molar-refractivity contribution in [3.8, 4) is 0 Å². The minimum absolute atomic E-state index is 0.129. The molecule has 2 fully saturated rings. The van der Waals surface area contributed by atoms with Gasteiger partial charge in [-0.3, -0.25) is 0 Å². The Labute approximate surface area is 124 Å². The van der Waals surface area contributed by atoms with Crippen molar-refractivity contribution >= 4 is 28.7 Å². The van der Waals surface area contributed by atoms with Gasteiger partial charge in [0, 0.05) is 17.0 Å². The van der Waals surface area contributed by atoms with E-state index < -0.39 is 0 Å². The summed E-state index contributed by atoms with van der Waals surface area (Å²) in [6.45, 7) is 7.57. The van der Waals surface area contributed by atoms with Crippen molar-refractivity contribution in [2.45, 2.75) is 62.4 Å². The minimum atomic E-state index is -0.382. The van der Waals surface area contributed by atoms with Crippen LogP contribution in [0.15, 0.2) is 0 Å². The first kappa shape index (κ1) is 14.4. The predicted molar refractivity (Wildman–Crippen MR) is 81.1 cm³/mol. The molecule has 2 aliphatic rings. The van der Waals surface area contributed by atoms with Crippen molar-refractivity contribution in [1.82, 2.24) is 4.90 Å². The number of likely N-dealkylation sites (tertiary alicyclic amines) is 1. The summed E-state index contributed by atoms with van der Waals surface area (Å²) in [5.41, 5.74) is 0.0191. The molecular formula is C14H24INO2. The summed E-state index contributed by atoms with van der Waals surface area (Å²) in [4.78, 5) is 14.0. The summed E-state index contributed by atoms with van der Waals surface area (Å²) in [6, 6.07) is 0. The second-order valence-corrected chi connectivity index (χ2v) is 8.59. The third kappa shape index (κ3) is 3.52. The lowest BCUT2D eigenvalue weighted by Crippen LogP contribution is -2.38. The lowest BCUT2D eigenvalue weighted by Gasteiger charge is -2.35. The Morgan fingerprint density at radius 1 is 1.28 bits per heavy atom. The molecule has 1 saturated heterocycles. The van der Waals surface area contributed by atoms with Gasteiger partial charge in [0.2, 0.25) is 0 Å². The molecule has 1 saturated carbocycles. The molecule has 0 aromatic heterocycles. The van der Waals surface area contributed by atoms with Crippen LogP contribution in [0.1, 0.15) is 52.9 Å². The van der Waals surface area contributed by atoms with Gasteiger partial charge in [-0.1, -0.05) is 22.6 Å². The van der Waals surface area contributed by atoms with Crippen LogP contribution in [-0.2, 0) is 4.74 Å². The molecule has 1 heterocycles. The number of alkyl halides is 1.